The molecule has 7 N–H and O–H groups in total. The maximum Gasteiger partial charge on any atom is 0.276 e. The maximum atomic E-state index is 13.6. The number of amides is 4. The molecule has 0 unspecified atom stereocenters. The van der Waals surface area contributed by atoms with Gasteiger partial charge in [-0.25, -0.2) is 15.0 Å². The number of ether oxygens (including phenoxy) is 1. The number of primary amides is 2. The van der Waals surface area contributed by atoms with Crippen molar-refractivity contribution < 1.29 is 23.9 Å². The Morgan fingerprint density at radius 3 is 1.89 bits per heavy atom. The molecule has 0 saturated carbocycles. The number of imidazole rings is 2. The molecule has 5 heterocycles. The average molecular weight is 765 g/mol. The monoisotopic (exact) mass is 764 g/mol. The Labute approximate surface area is 321 Å². The minimum atomic E-state index is -0.667. The lowest BCUT2D eigenvalue weighted by Crippen LogP contribution is -2.20. The molecule has 56 heavy (non-hydrogen) atoms. The third-order valence-corrected chi connectivity index (χ3v) is 8.85. The fourth-order valence-corrected chi connectivity index (χ4v) is 6.23. The van der Waals surface area contributed by atoms with Crippen molar-refractivity contribution >= 4 is 57.7 Å². The van der Waals surface area contributed by atoms with Gasteiger partial charge in [-0.3, -0.25) is 43.7 Å². The van der Waals surface area contributed by atoms with Gasteiger partial charge in [-0.1, -0.05) is 12.2 Å². The van der Waals surface area contributed by atoms with Crippen molar-refractivity contribution in [3.8, 4) is 5.75 Å². The van der Waals surface area contributed by atoms with Gasteiger partial charge in [0.2, 0.25) is 23.7 Å². The van der Waals surface area contributed by atoms with Crippen LogP contribution >= 0.6 is 0 Å². The van der Waals surface area contributed by atoms with Crippen LogP contribution in [0.1, 0.15) is 73.3 Å². The van der Waals surface area contributed by atoms with Gasteiger partial charge < -0.3 is 26.1 Å². The van der Waals surface area contributed by atoms with Crippen LogP contribution in [0.5, 0.6) is 5.75 Å². The SMILES string of the molecule is CCn1nc(C)cc1C(=O)Nc1nc2cc(C(N)=O)cnc2n1C/C=C/Cn1c(NC(=O)c2cc(C)nn2CC)nc2cc(C(N)=O)cc(OCCCNC)c21. The normalized spacial score (nSPS) is 11.5. The van der Waals surface area contributed by atoms with Crippen LogP contribution in [0.2, 0.25) is 0 Å². The summed E-state index contributed by atoms with van der Waals surface area (Å²) in [7, 11) is 1.84. The van der Waals surface area contributed by atoms with Gasteiger partial charge in [0.15, 0.2) is 5.65 Å². The predicted molar refractivity (Wildman–Crippen MR) is 209 cm³/mol. The first kappa shape index (κ1) is 38.8. The van der Waals surface area contributed by atoms with Crippen LogP contribution in [0.15, 0.2) is 48.7 Å². The molecule has 6 rings (SSSR count). The van der Waals surface area contributed by atoms with Crippen molar-refractivity contribution in [3.05, 3.63) is 82.6 Å². The molecule has 0 aliphatic rings. The lowest BCUT2D eigenvalue weighted by atomic mass is 10.1. The molecule has 292 valence electrons. The van der Waals surface area contributed by atoms with E-state index >= 15 is 0 Å². The van der Waals surface area contributed by atoms with Crippen LogP contribution in [0, 0.1) is 13.8 Å². The van der Waals surface area contributed by atoms with Crippen molar-refractivity contribution in [2.75, 3.05) is 30.8 Å². The fraction of sp³-hybridized carbons (Fsp3) is 0.324. The number of hydrogen-bond acceptors (Lipinski definition) is 11. The molecule has 0 aliphatic carbocycles. The average Bonchev–Trinajstić information content (AvgIpc) is 3.93. The van der Waals surface area contributed by atoms with Gasteiger partial charge in [-0.15, -0.1) is 0 Å². The van der Waals surface area contributed by atoms with Crippen molar-refractivity contribution in [3.63, 3.8) is 0 Å². The molecule has 5 aromatic heterocycles. The maximum absolute atomic E-state index is 13.6. The number of nitrogens with one attached hydrogen (secondary N) is 3. The smallest absolute Gasteiger partial charge is 0.276 e. The summed E-state index contributed by atoms with van der Waals surface area (Å²) in [6.07, 6.45) is 5.71. The molecular formula is C37H44N14O5. The number of anilines is 2. The van der Waals surface area contributed by atoms with E-state index in [-0.39, 0.29) is 36.1 Å². The number of benzene rings is 1. The highest BCUT2D eigenvalue weighted by Gasteiger charge is 2.23. The number of allylic oxidation sites excluding steroid dienone is 2. The quantitative estimate of drug-likeness (QED) is 0.0667. The number of aryl methyl sites for hydroxylation is 4. The Morgan fingerprint density at radius 1 is 0.768 bits per heavy atom. The highest BCUT2D eigenvalue weighted by molar-refractivity contribution is 6.05. The first-order chi connectivity index (χ1) is 26.9. The zero-order valence-electron chi connectivity index (χ0n) is 31.8. The number of carbonyl (C=O) groups excluding carboxylic acids is 4. The van der Waals surface area contributed by atoms with Gasteiger partial charge in [-0.05, 0) is 78.0 Å². The summed E-state index contributed by atoms with van der Waals surface area (Å²) in [5.74, 6) is -1.43. The van der Waals surface area contributed by atoms with Crippen molar-refractivity contribution in [2.45, 2.75) is 60.3 Å². The molecule has 1 aromatic carbocycles. The molecule has 6 aromatic rings. The van der Waals surface area contributed by atoms with Crippen LogP contribution in [0.25, 0.3) is 22.2 Å². The predicted octanol–water partition coefficient (Wildman–Crippen LogP) is 2.78. The highest BCUT2D eigenvalue weighted by atomic mass is 16.5. The number of hydrogen-bond donors (Lipinski definition) is 5. The van der Waals surface area contributed by atoms with E-state index in [1.54, 1.807) is 56.6 Å². The van der Waals surface area contributed by atoms with Crippen LogP contribution in [0.4, 0.5) is 11.9 Å². The minimum Gasteiger partial charge on any atom is -0.491 e. The van der Waals surface area contributed by atoms with Crippen LogP contribution in [-0.4, -0.2) is 87.5 Å². The molecule has 0 bridgehead atoms. The van der Waals surface area contributed by atoms with E-state index in [2.05, 4.69) is 36.1 Å². The Hall–Kier alpha value is -6.89. The zero-order chi connectivity index (χ0) is 40.1. The molecule has 0 radical (unpaired) electrons. The van der Waals surface area contributed by atoms with Crippen LogP contribution in [0.3, 0.4) is 0 Å². The van der Waals surface area contributed by atoms with Crippen LogP contribution in [-0.2, 0) is 26.2 Å². The Morgan fingerprint density at radius 2 is 1.32 bits per heavy atom. The first-order valence-electron chi connectivity index (χ1n) is 18.1. The standard InChI is InChI=1S/C37H44N14O5/c1-6-50-27(15-21(3)46-50)34(54)44-36-42-25-17-23(31(38)52)19-29(56-14-10-11-40-5)30(25)48(36)12-8-9-13-49-33-26(18-24(20-41-33)32(39)53)43-37(49)45-35(55)28-16-22(4)47-51(28)7-2/h8-9,15-20,40H,6-7,10-14H2,1-5H3,(H2,38,52)(H2,39,53)(H,42,44,54)(H,43,45,55)/b9-8+. The van der Waals surface area contributed by atoms with Gasteiger partial charge in [0.1, 0.15) is 28.2 Å². The molecule has 19 nitrogen and oxygen atoms in total. The first-order valence-corrected chi connectivity index (χ1v) is 18.1. The lowest BCUT2D eigenvalue weighted by molar-refractivity contribution is 0.0991. The Bertz CT molecular complexity index is 2490. The van der Waals surface area contributed by atoms with Crippen molar-refractivity contribution in [2.24, 2.45) is 11.5 Å². The number of nitrogens with zero attached hydrogens (tertiary/aromatic N) is 9. The second kappa shape index (κ2) is 16.6. The van der Waals surface area contributed by atoms with E-state index in [9.17, 15) is 19.2 Å². The molecular weight excluding hydrogens is 720 g/mol. The Kier molecular flexibility index (Phi) is 11.5. The topological polar surface area (TPSA) is 250 Å². The Balaban J connectivity index is 1.37. The van der Waals surface area contributed by atoms with Gasteiger partial charge >= 0.3 is 0 Å². The van der Waals surface area contributed by atoms with Crippen molar-refractivity contribution in [1.29, 1.82) is 0 Å². The third kappa shape index (κ3) is 8.11. The van der Waals surface area contributed by atoms with Gasteiger partial charge in [-0.2, -0.15) is 10.2 Å². The van der Waals surface area contributed by atoms with E-state index in [4.69, 9.17) is 21.2 Å². The molecule has 0 spiro atoms. The number of aromatic nitrogens is 9. The lowest BCUT2D eigenvalue weighted by Gasteiger charge is -2.13. The third-order valence-electron chi connectivity index (χ3n) is 8.85. The minimum absolute atomic E-state index is 0.164. The summed E-state index contributed by atoms with van der Waals surface area (Å²) in [5.41, 5.74) is 15.3. The fourth-order valence-electron chi connectivity index (χ4n) is 6.23. The van der Waals surface area contributed by atoms with Gasteiger partial charge in [0.25, 0.3) is 11.8 Å². The van der Waals surface area contributed by atoms with E-state index in [0.29, 0.717) is 83.4 Å². The van der Waals surface area contributed by atoms with E-state index in [1.807, 2.05) is 33.0 Å². The molecule has 19 heteroatoms. The number of fused-ring (bicyclic) bond motifs is 2. The van der Waals surface area contributed by atoms with Gasteiger partial charge in [0, 0.05) is 37.9 Å². The van der Waals surface area contributed by atoms with E-state index in [0.717, 1.165) is 0 Å². The summed E-state index contributed by atoms with van der Waals surface area (Å²) < 4.78 is 12.8. The summed E-state index contributed by atoms with van der Waals surface area (Å²) in [4.78, 5) is 65.2. The highest BCUT2D eigenvalue weighted by Crippen LogP contribution is 2.31. The second-order valence-electron chi connectivity index (χ2n) is 12.9. The zero-order valence-corrected chi connectivity index (χ0v) is 31.8. The van der Waals surface area contributed by atoms with Crippen LogP contribution < -0.4 is 32.2 Å². The number of pyridine rings is 1. The van der Waals surface area contributed by atoms with E-state index in [1.165, 1.54) is 12.3 Å². The molecule has 0 fully saturated rings. The summed E-state index contributed by atoms with van der Waals surface area (Å²) in [6.45, 7) is 9.75. The molecule has 0 atom stereocenters. The number of nitrogens with two attached hydrogens (primary N) is 2. The van der Waals surface area contributed by atoms with Crippen molar-refractivity contribution in [1.82, 2.24) is 49.0 Å². The van der Waals surface area contributed by atoms with E-state index < -0.39 is 23.6 Å². The largest absolute Gasteiger partial charge is 0.491 e. The molecule has 4 amide bonds. The summed E-state index contributed by atoms with van der Waals surface area (Å²) >= 11 is 0. The molecule has 0 aliphatic heterocycles. The number of carbonyl (C=O) groups is 4. The van der Waals surface area contributed by atoms with Gasteiger partial charge in [0.05, 0.1) is 29.1 Å². The second-order valence-corrected chi connectivity index (χ2v) is 12.9. The summed E-state index contributed by atoms with van der Waals surface area (Å²) in [6, 6.07) is 8.01. The molecule has 0 saturated heterocycles. The summed E-state index contributed by atoms with van der Waals surface area (Å²) in [5, 5.41) is 17.7. The number of rotatable bonds is 17.